The molecule has 2 rings (SSSR count). The topological polar surface area (TPSA) is 29.5 Å². The molecule has 4 heteroatoms. The molecule has 0 aromatic heterocycles. The maximum Gasteiger partial charge on any atom is 0.222 e. The van der Waals surface area contributed by atoms with Crippen molar-refractivity contribution in [2.75, 3.05) is 27.3 Å². The lowest BCUT2D eigenvalue weighted by Crippen LogP contribution is -2.35. The molecule has 0 N–H and O–H groups in total. The van der Waals surface area contributed by atoms with Crippen molar-refractivity contribution in [1.29, 1.82) is 0 Å². The van der Waals surface area contributed by atoms with Gasteiger partial charge in [-0.3, -0.25) is 4.79 Å². The lowest BCUT2D eigenvalue weighted by atomic mass is 9.86. The highest BCUT2D eigenvalue weighted by molar-refractivity contribution is 6.21. The quantitative estimate of drug-likeness (QED) is 0.696. The molecule has 0 aromatic rings. The molecule has 4 unspecified atom stereocenters. The van der Waals surface area contributed by atoms with E-state index in [4.69, 9.17) is 16.3 Å². The van der Waals surface area contributed by atoms with Gasteiger partial charge in [-0.05, 0) is 37.0 Å². The minimum Gasteiger partial charge on any atom is -0.383 e. The highest BCUT2D eigenvalue weighted by Crippen LogP contribution is 2.49. The van der Waals surface area contributed by atoms with Gasteiger partial charge in [-0.15, -0.1) is 11.6 Å². The van der Waals surface area contributed by atoms with Crippen LogP contribution in [0.25, 0.3) is 0 Å². The van der Waals surface area contributed by atoms with Gasteiger partial charge in [-0.2, -0.15) is 0 Å². The summed E-state index contributed by atoms with van der Waals surface area (Å²) in [6.45, 7) is 1.07. The van der Waals surface area contributed by atoms with Crippen LogP contribution in [0.15, 0.2) is 0 Å². The van der Waals surface area contributed by atoms with Gasteiger partial charge in [-0.25, -0.2) is 0 Å². The average Bonchev–Trinajstić information content (AvgIpc) is 2.90. The summed E-state index contributed by atoms with van der Waals surface area (Å²) in [6, 6.07) is 0. The number of ether oxygens (including phenoxy) is 1. The minimum absolute atomic E-state index is 0.107. The largest absolute Gasteiger partial charge is 0.383 e. The van der Waals surface area contributed by atoms with Crippen LogP contribution in [0, 0.1) is 17.8 Å². The second-order valence-electron chi connectivity index (χ2n) is 5.97. The molecule has 0 heterocycles. The number of nitrogens with zero attached hydrogens (tertiary/aromatic N) is 1. The first-order valence-corrected chi connectivity index (χ1v) is 7.40. The van der Waals surface area contributed by atoms with Crippen LogP contribution < -0.4 is 0 Å². The van der Waals surface area contributed by atoms with Crippen LogP contribution in [-0.4, -0.2) is 43.5 Å². The smallest absolute Gasteiger partial charge is 0.222 e. The molecule has 2 aliphatic rings. The molecule has 0 aromatic carbocycles. The number of methoxy groups -OCH3 is 1. The third kappa shape index (κ3) is 3.39. The van der Waals surface area contributed by atoms with Gasteiger partial charge in [0, 0.05) is 27.1 Å². The summed E-state index contributed by atoms with van der Waals surface area (Å²) >= 11 is 6.08. The molecule has 0 saturated heterocycles. The monoisotopic (exact) mass is 273 g/mol. The second kappa shape index (κ2) is 6.25. The van der Waals surface area contributed by atoms with Gasteiger partial charge in [0.2, 0.25) is 5.91 Å². The molecule has 2 fully saturated rings. The molecule has 4 atom stereocenters. The summed E-state index contributed by atoms with van der Waals surface area (Å²) in [5.41, 5.74) is 0. The van der Waals surface area contributed by atoms with Gasteiger partial charge < -0.3 is 9.64 Å². The molecule has 0 spiro atoms. The first-order valence-electron chi connectivity index (χ1n) is 6.97. The summed E-state index contributed by atoms with van der Waals surface area (Å²) in [7, 11) is 3.48. The Bertz CT molecular complexity index is 298. The predicted molar refractivity (Wildman–Crippen MR) is 72.7 cm³/mol. The number of amides is 1. The summed E-state index contributed by atoms with van der Waals surface area (Å²) in [6.07, 6.45) is 6.08. The van der Waals surface area contributed by atoms with Gasteiger partial charge in [0.1, 0.15) is 0 Å². The van der Waals surface area contributed by atoms with Gasteiger partial charge in [0.15, 0.2) is 0 Å². The Labute approximate surface area is 115 Å². The van der Waals surface area contributed by atoms with Crippen LogP contribution in [-0.2, 0) is 9.53 Å². The molecule has 2 bridgehead atoms. The first-order chi connectivity index (χ1) is 8.60. The van der Waals surface area contributed by atoms with Crippen molar-refractivity contribution in [2.24, 2.45) is 17.8 Å². The number of rotatable bonds is 6. The van der Waals surface area contributed by atoms with E-state index in [1.807, 2.05) is 7.05 Å². The molecular weight excluding hydrogens is 250 g/mol. The summed E-state index contributed by atoms with van der Waals surface area (Å²) in [5.74, 6) is 2.61. The van der Waals surface area contributed by atoms with E-state index in [2.05, 4.69) is 0 Å². The number of hydrogen-bond donors (Lipinski definition) is 0. The number of fused-ring (bicyclic) bond motifs is 2. The molecule has 104 valence electrons. The third-order valence-corrected chi connectivity index (χ3v) is 4.83. The van der Waals surface area contributed by atoms with Crippen molar-refractivity contribution in [2.45, 2.75) is 37.5 Å². The number of carbonyl (C=O) groups excluding carboxylic acids is 1. The van der Waals surface area contributed by atoms with Crippen LogP contribution in [0.3, 0.4) is 0 Å². The van der Waals surface area contributed by atoms with Crippen molar-refractivity contribution in [3.63, 3.8) is 0 Å². The van der Waals surface area contributed by atoms with E-state index < -0.39 is 0 Å². The van der Waals surface area contributed by atoms with E-state index >= 15 is 0 Å². The highest BCUT2D eigenvalue weighted by atomic mass is 35.5. The zero-order chi connectivity index (χ0) is 13.1. The molecule has 2 aliphatic carbocycles. The van der Waals surface area contributed by atoms with E-state index in [1.54, 1.807) is 12.0 Å². The Morgan fingerprint density at radius 2 is 2.22 bits per heavy atom. The van der Waals surface area contributed by atoms with Crippen LogP contribution in [0.2, 0.25) is 0 Å². The van der Waals surface area contributed by atoms with Gasteiger partial charge in [0.05, 0.1) is 12.0 Å². The zero-order valence-electron chi connectivity index (χ0n) is 11.4. The van der Waals surface area contributed by atoms with Crippen molar-refractivity contribution in [3.05, 3.63) is 0 Å². The number of carbonyl (C=O) groups is 1. The number of alkyl halides is 1. The van der Waals surface area contributed by atoms with Crippen LogP contribution >= 0.6 is 11.6 Å². The summed E-state index contributed by atoms with van der Waals surface area (Å²) < 4.78 is 4.99. The molecule has 0 radical (unpaired) electrons. The molecular formula is C14H24ClNO2. The fourth-order valence-corrected chi connectivity index (χ4v) is 3.97. The third-order valence-electron chi connectivity index (χ3n) is 4.57. The molecule has 1 amide bonds. The second-order valence-corrected chi connectivity index (χ2v) is 6.58. The lowest BCUT2D eigenvalue weighted by Gasteiger charge is -2.25. The van der Waals surface area contributed by atoms with E-state index in [0.717, 1.165) is 11.8 Å². The van der Waals surface area contributed by atoms with Crippen molar-refractivity contribution < 1.29 is 9.53 Å². The van der Waals surface area contributed by atoms with Crippen molar-refractivity contribution >= 4 is 17.5 Å². The zero-order valence-corrected chi connectivity index (χ0v) is 12.2. The van der Waals surface area contributed by atoms with E-state index in [1.165, 1.54) is 25.7 Å². The van der Waals surface area contributed by atoms with E-state index in [0.29, 0.717) is 25.5 Å². The lowest BCUT2D eigenvalue weighted by molar-refractivity contribution is -0.131. The van der Waals surface area contributed by atoms with Crippen molar-refractivity contribution in [3.8, 4) is 0 Å². The van der Waals surface area contributed by atoms with Gasteiger partial charge in [-0.1, -0.05) is 6.42 Å². The van der Waals surface area contributed by atoms with Crippen LogP contribution in [0.1, 0.15) is 32.1 Å². The van der Waals surface area contributed by atoms with Gasteiger partial charge >= 0.3 is 0 Å². The SMILES string of the molecule is COCC(Cl)CN(C)C(=O)CC1CC2CCC1C2. The molecule has 3 nitrogen and oxygen atoms in total. The normalized spacial score (nSPS) is 31.6. The number of hydrogen-bond acceptors (Lipinski definition) is 2. The molecule has 0 aliphatic heterocycles. The Morgan fingerprint density at radius 1 is 1.44 bits per heavy atom. The first kappa shape index (κ1) is 14.1. The van der Waals surface area contributed by atoms with Gasteiger partial charge in [0.25, 0.3) is 0 Å². The summed E-state index contributed by atoms with van der Waals surface area (Å²) in [4.78, 5) is 13.9. The minimum atomic E-state index is -0.107. The standard InChI is InChI=1S/C14H24ClNO2/c1-16(8-13(15)9-18-2)14(17)7-12-6-10-3-4-11(12)5-10/h10-13H,3-9H2,1-2H3. The fourth-order valence-electron chi connectivity index (χ4n) is 3.64. The Hall–Kier alpha value is -0.280. The Morgan fingerprint density at radius 3 is 2.78 bits per heavy atom. The van der Waals surface area contributed by atoms with E-state index in [9.17, 15) is 4.79 Å². The maximum absolute atomic E-state index is 12.1. The maximum atomic E-state index is 12.1. The van der Waals surface area contributed by atoms with Crippen LogP contribution in [0.4, 0.5) is 0 Å². The van der Waals surface area contributed by atoms with Crippen LogP contribution in [0.5, 0.6) is 0 Å². The Balaban J connectivity index is 1.74. The van der Waals surface area contributed by atoms with Crippen molar-refractivity contribution in [1.82, 2.24) is 4.90 Å². The Kier molecular flexibility index (Phi) is 4.91. The predicted octanol–water partition coefficient (Wildman–Crippen LogP) is 2.52. The average molecular weight is 274 g/mol. The fraction of sp³-hybridized carbons (Fsp3) is 0.929. The molecule has 2 saturated carbocycles. The van der Waals surface area contributed by atoms with E-state index in [-0.39, 0.29) is 11.3 Å². The summed E-state index contributed by atoms with van der Waals surface area (Å²) in [5, 5.41) is -0.107. The number of halogens is 1. The highest BCUT2D eigenvalue weighted by Gasteiger charge is 2.40. The molecule has 18 heavy (non-hydrogen) atoms.